The van der Waals surface area contributed by atoms with Crippen LogP contribution in [0.4, 0.5) is 0 Å². The van der Waals surface area contributed by atoms with Gasteiger partial charge in [0.15, 0.2) is 0 Å². The predicted octanol–water partition coefficient (Wildman–Crippen LogP) is -21.4. The van der Waals surface area contributed by atoms with Crippen molar-refractivity contribution in [2.24, 2.45) is 0 Å². The topological polar surface area (TPSA) is 0 Å². The van der Waals surface area contributed by atoms with E-state index in [2.05, 4.69) is 0 Å². The summed E-state index contributed by atoms with van der Waals surface area (Å²) < 4.78 is 0. The Kier molecular flexibility index (Phi) is 1820. The van der Waals surface area contributed by atoms with Gasteiger partial charge in [-0.1, -0.05) is 0 Å². The number of hydrogen-bond donors (Lipinski definition) is 0. The van der Waals surface area contributed by atoms with Gasteiger partial charge in [0.25, 0.3) is 0 Å². The molecule has 0 aromatic rings. The molecule has 0 saturated carbocycles. The molecule has 58 valence electrons. The SMILES string of the molecule is [Al+3].[Cl-].[Cl-].[Cl-].[Cl-].[Cl-].[Cl-].[Cl-].[Mo+4]. The molecule has 0 aliphatic heterocycles. The predicted molar refractivity (Wildman–Crippen MR) is 5.75 cm³/mol. The van der Waals surface area contributed by atoms with Crippen LogP contribution in [-0.2, 0) is 21.1 Å². The van der Waals surface area contributed by atoms with Crippen molar-refractivity contribution in [3.63, 3.8) is 0 Å². The second-order valence-electron chi connectivity index (χ2n) is 0. The van der Waals surface area contributed by atoms with Gasteiger partial charge in [-0.2, -0.15) is 0 Å². The zero-order valence-electron chi connectivity index (χ0n) is 3.63. The van der Waals surface area contributed by atoms with E-state index in [1.807, 2.05) is 0 Å². The molecular weight excluding hydrogens is 371 g/mol. The fourth-order valence-corrected chi connectivity index (χ4v) is 0. The van der Waals surface area contributed by atoms with Gasteiger partial charge >= 0.3 is 38.4 Å². The third-order valence-corrected chi connectivity index (χ3v) is 0. The van der Waals surface area contributed by atoms with Crippen LogP contribution in [0.1, 0.15) is 0 Å². The first-order valence-electron chi connectivity index (χ1n) is 0. The van der Waals surface area contributed by atoms with Gasteiger partial charge in [-0.3, -0.25) is 0 Å². The molecule has 0 nitrogen and oxygen atoms in total. The van der Waals surface area contributed by atoms with Gasteiger partial charge in [-0.25, -0.2) is 0 Å². The van der Waals surface area contributed by atoms with Gasteiger partial charge in [0.1, 0.15) is 0 Å². The fourth-order valence-electron chi connectivity index (χ4n) is 0. The van der Waals surface area contributed by atoms with Crippen LogP contribution in [0.25, 0.3) is 0 Å². The van der Waals surface area contributed by atoms with E-state index in [1.54, 1.807) is 0 Å². The zero-order chi connectivity index (χ0) is 0. The Hall–Kier alpha value is 3.25. The van der Waals surface area contributed by atoms with Crippen molar-refractivity contribution in [2.75, 3.05) is 0 Å². The molecule has 0 saturated heterocycles. The van der Waals surface area contributed by atoms with Gasteiger partial charge < -0.3 is 86.8 Å². The standard InChI is InChI=1S/Al.7ClH.Mo/h;7*1H;/q+3;;;;;;;;+4/p-7. The summed E-state index contributed by atoms with van der Waals surface area (Å²) in [6, 6.07) is 0. The van der Waals surface area contributed by atoms with Gasteiger partial charge in [0.05, 0.1) is 0 Å². The maximum Gasteiger partial charge on any atom is 4.00 e. The van der Waals surface area contributed by atoms with Crippen LogP contribution >= 0.6 is 0 Å². The molecule has 0 bridgehead atoms. The van der Waals surface area contributed by atoms with Crippen molar-refractivity contribution in [1.82, 2.24) is 0 Å². The van der Waals surface area contributed by atoms with E-state index in [9.17, 15) is 0 Å². The first-order valence-corrected chi connectivity index (χ1v) is 0. The van der Waals surface area contributed by atoms with Crippen LogP contribution in [0.3, 0.4) is 0 Å². The summed E-state index contributed by atoms with van der Waals surface area (Å²) in [5.41, 5.74) is 0. The van der Waals surface area contributed by atoms with E-state index in [-0.39, 0.29) is 125 Å². The summed E-state index contributed by atoms with van der Waals surface area (Å²) in [4.78, 5) is 0. The second-order valence-corrected chi connectivity index (χ2v) is 0. The molecule has 0 aromatic carbocycles. The first kappa shape index (κ1) is 147. The van der Waals surface area contributed by atoms with Crippen molar-refractivity contribution in [3.05, 3.63) is 0 Å². The molecule has 0 rings (SSSR count). The van der Waals surface area contributed by atoms with E-state index < -0.39 is 0 Å². The number of hydrogen-bond acceptors (Lipinski definition) is 0. The molecular formula is AlCl7Mo. The maximum absolute atomic E-state index is 0. The van der Waals surface area contributed by atoms with Crippen molar-refractivity contribution >= 4 is 17.4 Å². The molecule has 9 heteroatoms. The summed E-state index contributed by atoms with van der Waals surface area (Å²) in [5, 5.41) is 0. The van der Waals surface area contributed by atoms with E-state index in [4.69, 9.17) is 0 Å². The van der Waals surface area contributed by atoms with E-state index in [0.717, 1.165) is 0 Å². The molecule has 9 heavy (non-hydrogen) atoms. The Labute approximate surface area is 124 Å². The van der Waals surface area contributed by atoms with Gasteiger partial charge in [-0.05, 0) is 0 Å². The molecule has 0 N–H and O–H groups in total. The largest absolute Gasteiger partial charge is 4.00 e. The summed E-state index contributed by atoms with van der Waals surface area (Å²) in [6.45, 7) is 0. The smallest absolute Gasteiger partial charge is 1.00 e. The third kappa shape index (κ3) is 91.1. The van der Waals surface area contributed by atoms with E-state index >= 15 is 0 Å². The van der Waals surface area contributed by atoms with Gasteiger partial charge in [0, 0.05) is 0 Å². The Morgan fingerprint density at radius 2 is 0.333 bits per heavy atom. The maximum atomic E-state index is 0. The van der Waals surface area contributed by atoms with Crippen molar-refractivity contribution in [1.29, 1.82) is 0 Å². The van der Waals surface area contributed by atoms with Crippen LogP contribution in [0, 0.1) is 0 Å². The number of halogens is 7. The molecule has 0 heterocycles. The minimum Gasteiger partial charge on any atom is -1.00 e. The molecule has 0 atom stereocenters. The molecule has 0 radical (unpaired) electrons. The van der Waals surface area contributed by atoms with Gasteiger partial charge in [-0.15, -0.1) is 0 Å². The Morgan fingerprint density at radius 1 is 0.333 bits per heavy atom. The van der Waals surface area contributed by atoms with E-state index in [1.165, 1.54) is 0 Å². The Balaban J connectivity index is 0. The summed E-state index contributed by atoms with van der Waals surface area (Å²) >= 11 is 0. The average molecular weight is 371 g/mol. The van der Waals surface area contributed by atoms with Crippen molar-refractivity contribution < 1.29 is 108 Å². The van der Waals surface area contributed by atoms with Crippen LogP contribution in [0.15, 0.2) is 0 Å². The van der Waals surface area contributed by atoms with Crippen LogP contribution in [0.5, 0.6) is 0 Å². The molecule has 0 unspecified atom stereocenters. The first-order chi connectivity index (χ1) is 0. The minimum atomic E-state index is 0. The van der Waals surface area contributed by atoms with Crippen molar-refractivity contribution in [2.45, 2.75) is 0 Å². The average Bonchev–Trinajstić information content (AvgIpc) is 0. The summed E-state index contributed by atoms with van der Waals surface area (Å²) in [5.74, 6) is 0. The van der Waals surface area contributed by atoms with E-state index in [0.29, 0.717) is 0 Å². The molecule has 0 aliphatic rings. The normalized spacial score (nSPS) is 0. The summed E-state index contributed by atoms with van der Waals surface area (Å²) in [6.07, 6.45) is 0. The molecule has 0 aromatic heterocycles. The van der Waals surface area contributed by atoms with Crippen LogP contribution in [-0.4, -0.2) is 17.4 Å². The van der Waals surface area contributed by atoms with Gasteiger partial charge in [0.2, 0.25) is 0 Å². The fraction of sp³-hybridized carbons (Fsp3) is 0. The van der Waals surface area contributed by atoms with Crippen LogP contribution < -0.4 is 86.8 Å². The zero-order valence-corrected chi connectivity index (χ0v) is 12.1. The molecule has 0 aliphatic carbocycles. The molecule has 0 fully saturated rings. The summed E-state index contributed by atoms with van der Waals surface area (Å²) in [7, 11) is 0. The monoisotopic (exact) mass is 370 g/mol. The minimum absolute atomic E-state index is 0. The van der Waals surface area contributed by atoms with Crippen molar-refractivity contribution in [3.8, 4) is 0 Å². The Bertz CT molecular complexity index is 8.88. The molecule has 0 amide bonds. The van der Waals surface area contributed by atoms with Crippen LogP contribution in [0.2, 0.25) is 0 Å². The quantitative estimate of drug-likeness (QED) is 0.371. The third-order valence-electron chi connectivity index (χ3n) is 0. The molecule has 0 spiro atoms. The second kappa shape index (κ2) is 112. The Morgan fingerprint density at radius 3 is 0.333 bits per heavy atom. The number of rotatable bonds is 0.